The van der Waals surface area contributed by atoms with Crippen LogP contribution in [0.4, 0.5) is 11.4 Å². The molecule has 1 aromatic heterocycles. The highest BCUT2D eigenvalue weighted by molar-refractivity contribution is 6.20. The number of nitrogen functional groups attached to an aromatic ring is 2. The number of nitrogens with zero attached hydrogens (tertiary/aromatic N) is 1. The number of ether oxygens (including phenoxy) is 1. The Morgan fingerprint density at radius 1 is 0.882 bits per heavy atom. The monoisotopic (exact) mass is 463 g/mol. The molecule has 0 spiro atoms. The third-order valence-electron chi connectivity index (χ3n) is 6.56. The predicted octanol–water partition coefficient (Wildman–Crippen LogP) is 1.80. The molecule has 0 fully saturated rings. The van der Waals surface area contributed by atoms with Gasteiger partial charge >= 0.3 is 5.97 Å². The van der Waals surface area contributed by atoms with E-state index in [-0.39, 0.29) is 69.2 Å². The summed E-state index contributed by atoms with van der Waals surface area (Å²) in [5, 5.41) is -0.331. The molecule has 0 unspecified atom stereocenters. The second kappa shape index (κ2) is 8.09. The Bertz CT molecular complexity index is 1580. The highest BCUT2D eigenvalue weighted by atomic mass is 16.5. The number of nitrogens with two attached hydrogens (primary N) is 2. The van der Waals surface area contributed by atoms with Crippen LogP contribution in [0.1, 0.15) is 33.6 Å². The average Bonchev–Trinajstić information content (AvgIpc) is 3.07. The lowest BCUT2D eigenvalue weighted by molar-refractivity contribution is -0.154. The van der Waals surface area contributed by atoms with Crippen LogP contribution in [0.5, 0.6) is 0 Å². The highest BCUT2D eigenvalue weighted by Crippen LogP contribution is 2.31. The Balaban J connectivity index is 1.84. The lowest BCUT2D eigenvalue weighted by Crippen LogP contribution is -2.28. The Kier molecular flexibility index (Phi) is 5.51. The Labute approximate surface area is 193 Å². The normalized spacial score (nSPS) is 12.1. The molecule has 1 heterocycles. The minimum absolute atomic E-state index is 0.0173. The Morgan fingerprint density at radius 3 is 1.79 bits per heavy atom. The van der Waals surface area contributed by atoms with Crippen LogP contribution in [-0.4, -0.2) is 17.1 Å². The highest BCUT2D eigenvalue weighted by Gasteiger charge is 2.27. The van der Waals surface area contributed by atoms with Crippen molar-refractivity contribution in [3.8, 4) is 0 Å². The summed E-state index contributed by atoms with van der Waals surface area (Å²) in [6.07, 6.45) is 0.814. The molecule has 0 atom stereocenters. The maximum atomic E-state index is 13.1. The number of benzene rings is 3. The minimum Gasteiger partial charge on any atom is -0.465 e. The molecule has 0 amide bonds. The van der Waals surface area contributed by atoms with E-state index in [1.54, 1.807) is 26.0 Å². The predicted molar refractivity (Wildman–Crippen MR) is 133 cm³/mol. The lowest BCUT2D eigenvalue weighted by atomic mass is 9.91. The first-order chi connectivity index (χ1) is 16.0. The van der Waals surface area contributed by atoms with E-state index in [2.05, 4.69) is 0 Å². The fourth-order valence-electron chi connectivity index (χ4n) is 4.15. The standard InChI is InChI=1S/C25H25N3O6/c1-4-25(2,3)24(33)34-11-7-10-28-22(31)16-17(23(28)32)19(27)15-14(18(16)26)20(29)12-8-5-6-9-13(12)21(15)30/h5-6,8-9H,4,7,10-11,26-27H2,1-3H3. The molecule has 0 saturated carbocycles. The van der Waals surface area contributed by atoms with Crippen LogP contribution in [0.15, 0.2) is 43.4 Å². The second-order valence-electron chi connectivity index (χ2n) is 9.02. The summed E-state index contributed by atoms with van der Waals surface area (Å²) < 4.78 is 6.22. The zero-order valence-electron chi connectivity index (χ0n) is 19.2. The molecule has 0 aliphatic heterocycles. The summed E-state index contributed by atoms with van der Waals surface area (Å²) in [6.45, 7) is 5.39. The first-order valence-corrected chi connectivity index (χ1v) is 11.0. The minimum atomic E-state index is -0.702. The molecule has 9 nitrogen and oxygen atoms in total. The van der Waals surface area contributed by atoms with Crippen molar-refractivity contribution in [3.05, 3.63) is 65.4 Å². The van der Waals surface area contributed by atoms with Crippen molar-refractivity contribution < 1.29 is 9.53 Å². The summed E-state index contributed by atoms with van der Waals surface area (Å²) in [5.74, 6) is -0.366. The first kappa shape index (κ1) is 23.2. The van der Waals surface area contributed by atoms with Gasteiger partial charge in [0.25, 0.3) is 11.1 Å². The van der Waals surface area contributed by atoms with Crippen LogP contribution in [0, 0.1) is 5.41 Å². The van der Waals surface area contributed by atoms with Gasteiger partial charge in [0.2, 0.25) is 0 Å². The van der Waals surface area contributed by atoms with Crippen molar-refractivity contribution in [1.29, 1.82) is 0 Å². The number of hydrogen-bond donors (Lipinski definition) is 2. The van der Waals surface area contributed by atoms with Gasteiger partial charge in [-0.05, 0) is 26.7 Å². The fourth-order valence-corrected chi connectivity index (χ4v) is 4.15. The molecule has 0 radical (unpaired) electrons. The van der Waals surface area contributed by atoms with Crippen molar-refractivity contribution in [2.45, 2.75) is 40.2 Å². The summed E-state index contributed by atoms with van der Waals surface area (Å²) in [4.78, 5) is 64.6. The molecule has 3 aromatic carbocycles. The lowest BCUT2D eigenvalue weighted by Gasteiger charge is -2.20. The van der Waals surface area contributed by atoms with Crippen molar-refractivity contribution >= 4 is 49.7 Å². The van der Waals surface area contributed by atoms with Crippen LogP contribution >= 0.6 is 0 Å². The molecule has 4 aromatic rings. The number of aromatic nitrogens is 1. The average molecular weight is 463 g/mol. The molecule has 0 saturated heterocycles. The summed E-state index contributed by atoms with van der Waals surface area (Å²) in [5.41, 5.74) is 8.86. The Morgan fingerprint density at radius 2 is 1.35 bits per heavy atom. The summed E-state index contributed by atoms with van der Waals surface area (Å²) >= 11 is 0. The fraction of sp³-hybridized carbons (Fsp3) is 0.320. The van der Waals surface area contributed by atoms with E-state index in [9.17, 15) is 24.0 Å². The topological polar surface area (TPSA) is 152 Å². The maximum absolute atomic E-state index is 13.1. The van der Waals surface area contributed by atoms with Crippen LogP contribution in [0.25, 0.3) is 32.3 Å². The van der Waals surface area contributed by atoms with E-state index in [0.717, 1.165) is 4.57 Å². The van der Waals surface area contributed by atoms with Gasteiger partial charge in [0.1, 0.15) is 0 Å². The quantitative estimate of drug-likeness (QED) is 0.144. The zero-order valence-corrected chi connectivity index (χ0v) is 19.2. The number of carbonyl (C=O) groups is 1. The molecular weight excluding hydrogens is 438 g/mol. The van der Waals surface area contributed by atoms with E-state index < -0.39 is 27.4 Å². The summed E-state index contributed by atoms with van der Waals surface area (Å²) in [6, 6.07) is 6.24. The van der Waals surface area contributed by atoms with Crippen LogP contribution in [0.2, 0.25) is 0 Å². The summed E-state index contributed by atoms with van der Waals surface area (Å²) in [7, 11) is 0. The third-order valence-corrected chi connectivity index (χ3v) is 6.56. The van der Waals surface area contributed by atoms with Gasteiger partial charge in [-0.2, -0.15) is 0 Å². The molecule has 4 rings (SSSR count). The van der Waals surface area contributed by atoms with Crippen molar-refractivity contribution in [3.63, 3.8) is 0 Å². The van der Waals surface area contributed by atoms with Gasteiger partial charge in [0.15, 0.2) is 10.9 Å². The molecule has 0 aliphatic carbocycles. The van der Waals surface area contributed by atoms with Gasteiger partial charge in [-0.1, -0.05) is 31.2 Å². The van der Waals surface area contributed by atoms with Crippen molar-refractivity contribution in [2.75, 3.05) is 18.1 Å². The molecule has 34 heavy (non-hydrogen) atoms. The molecule has 0 aliphatic rings. The van der Waals surface area contributed by atoms with E-state index in [1.165, 1.54) is 12.1 Å². The number of esters is 1. The molecule has 0 bridgehead atoms. The molecule has 176 valence electrons. The van der Waals surface area contributed by atoms with Gasteiger partial charge in [-0.25, -0.2) is 0 Å². The third kappa shape index (κ3) is 3.27. The largest absolute Gasteiger partial charge is 0.465 e. The number of hydrogen-bond acceptors (Lipinski definition) is 8. The SMILES string of the molecule is CCC(C)(C)C(=O)OCCCn1c(=O)c2c(N)c3c(=O)c4ccccc4c(=O)c3c(N)c2c1=O. The van der Waals surface area contributed by atoms with E-state index in [0.29, 0.717) is 6.42 Å². The molecular formula is C25H25N3O6. The van der Waals surface area contributed by atoms with Gasteiger partial charge in [0.05, 0.1) is 44.9 Å². The molecule has 4 N–H and O–H groups in total. The molecule has 9 heteroatoms. The Hall–Kier alpha value is -4.01. The number of fused-ring (bicyclic) bond motifs is 3. The second-order valence-corrected chi connectivity index (χ2v) is 9.02. The number of anilines is 2. The van der Waals surface area contributed by atoms with Crippen LogP contribution in [-0.2, 0) is 16.1 Å². The maximum Gasteiger partial charge on any atom is 0.311 e. The van der Waals surface area contributed by atoms with E-state index in [1.807, 2.05) is 6.92 Å². The number of carbonyl (C=O) groups excluding carboxylic acids is 1. The smallest absolute Gasteiger partial charge is 0.311 e. The van der Waals surface area contributed by atoms with Gasteiger partial charge in [-0.15, -0.1) is 0 Å². The van der Waals surface area contributed by atoms with E-state index >= 15 is 0 Å². The van der Waals surface area contributed by atoms with Gasteiger partial charge < -0.3 is 16.2 Å². The van der Waals surface area contributed by atoms with E-state index in [4.69, 9.17) is 16.2 Å². The number of rotatable bonds is 6. The van der Waals surface area contributed by atoms with Crippen LogP contribution in [0.3, 0.4) is 0 Å². The van der Waals surface area contributed by atoms with Crippen molar-refractivity contribution in [1.82, 2.24) is 4.57 Å². The van der Waals surface area contributed by atoms with Crippen molar-refractivity contribution in [2.24, 2.45) is 5.41 Å². The zero-order chi connectivity index (χ0) is 24.9. The first-order valence-electron chi connectivity index (χ1n) is 11.0. The van der Waals surface area contributed by atoms with Gasteiger partial charge in [0, 0.05) is 17.3 Å². The van der Waals surface area contributed by atoms with Crippen LogP contribution < -0.4 is 33.4 Å². The van der Waals surface area contributed by atoms with Gasteiger partial charge in [-0.3, -0.25) is 28.5 Å².